The number of hydrogen-bond donors (Lipinski definition) is 0. The maximum Gasteiger partial charge on any atom is 0.251 e. The molecule has 0 fully saturated rings. The Morgan fingerprint density at radius 1 is 1.43 bits per heavy atom. The Bertz CT molecular complexity index is 258. The number of amides is 1. The van der Waals surface area contributed by atoms with E-state index in [0.29, 0.717) is 5.92 Å². The zero-order valence-corrected chi connectivity index (χ0v) is 9.74. The highest BCUT2D eigenvalue weighted by Crippen LogP contribution is 2.23. The first-order valence-corrected chi connectivity index (χ1v) is 5.37. The molecule has 1 aliphatic rings. The molecule has 1 rings (SSSR count). The molecule has 0 bridgehead atoms. The zero-order chi connectivity index (χ0) is 10.9. The van der Waals surface area contributed by atoms with E-state index in [2.05, 4.69) is 25.9 Å². The minimum atomic E-state index is 0.0243. The Labute approximate surface area is 86.2 Å². The fourth-order valence-electron chi connectivity index (χ4n) is 1.67. The summed E-state index contributed by atoms with van der Waals surface area (Å²) < 4.78 is 0. The topological polar surface area (TPSA) is 32.7 Å². The molecule has 3 nitrogen and oxygen atoms in total. The Kier molecular flexibility index (Phi) is 3.29. The van der Waals surface area contributed by atoms with E-state index in [1.807, 2.05) is 13.8 Å². The van der Waals surface area contributed by atoms with Crippen molar-refractivity contribution in [1.29, 1.82) is 0 Å². The molecule has 1 aliphatic heterocycles. The van der Waals surface area contributed by atoms with Crippen molar-refractivity contribution < 1.29 is 4.79 Å². The molecule has 1 heterocycles. The third-order valence-corrected chi connectivity index (χ3v) is 3.05. The molecule has 0 aromatic rings. The van der Waals surface area contributed by atoms with Gasteiger partial charge in [0.2, 0.25) is 0 Å². The third-order valence-electron chi connectivity index (χ3n) is 3.05. The van der Waals surface area contributed by atoms with Crippen LogP contribution in [0.3, 0.4) is 0 Å². The molecular formula is C11H20N2O. The van der Waals surface area contributed by atoms with Gasteiger partial charge in [-0.15, -0.1) is 0 Å². The van der Waals surface area contributed by atoms with E-state index in [1.165, 1.54) is 0 Å². The molecule has 0 radical (unpaired) electrons. The molecule has 80 valence electrons. The number of hydrogen-bond acceptors (Lipinski definition) is 2. The summed E-state index contributed by atoms with van der Waals surface area (Å²) in [4.78, 5) is 11.9. The molecule has 1 amide bonds. The quantitative estimate of drug-likeness (QED) is 0.681. The number of hydrazone groups is 1. The van der Waals surface area contributed by atoms with E-state index in [9.17, 15) is 4.79 Å². The molecule has 3 heteroatoms. The molecule has 0 spiro atoms. The number of rotatable bonds is 3. The molecule has 2 atom stereocenters. The van der Waals surface area contributed by atoms with Crippen molar-refractivity contribution in [3.63, 3.8) is 0 Å². The summed E-state index contributed by atoms with van der Waals surface area (Å²) >= 11 is 0. The fraction of sp³-hybridized carbons (Fsp3) is 0.818. The predicted molar refractivity (Wildman–Crippen MR) is 58.0 cm³/mol. The number of carbonyl (C=O) groups excluding carboxylic acids is 1. The summed E-state index contributed by atoms with van der Waals surface area (Å²) in [6.07, 6.45) is 0.857. The molecular weight excluding hydrogens is 176 g/mol. The van der Waals surface area contributed by atoms with Crippen LogP contribution in [0.4, 0.5) is 0 Å². The second-order valence-electron chi connectivity index (χ2n) is 4.37. The van der Waals surface area contributed by atoms with Gasteiger partial charge in [0, 0.05) is 5.71 Å². The molecule has 0 N–H and O–H groups in total. The first-order valence-electron chi connectivity index (χ1n) is 5.37. The Morgan fingerprint density at radius 3 is 2.36 bits per heavy atom. The molecule has 0 saturated heterocycles. The predicted octanol–water partition coefficient (Wildman–Crippen LogP) is 2.28. The highest BCUT2D eigenvalue weighted by atomic mass is 16.2. The molecule has 14 heavy (non-hydrogen) atoms. The van der Waals surface area contributed by atoms with E-state index in [0.717, 1.165) is 12.1 Å². The Balaban J connectivity index is 2.80. The number of nitrogens with zero attached hydrogens (tertiary/aromatic N) is 2. The van der Waals surface area contributed by atoms with Crippen molar-refractivity contribution in [3.8, 4) is 0 Å². The van der Waals surface area contributed by atoms with Crippen LogP contribution in [0.25, 0.3) is 0 Å². The second kappa shape index (κ2) is 4.11. The molecule has 0 aliphatic carbocycles. The average Bonchev–Trinajstić information content (AvgIpc) is 2.40. The first kappa shape index (κ1) is 11.2. The van der Waals surface area contributed by atoms with E-state index in [1.54, 1.807) is 5.01 Å². The molecule has 0 aromatic heterocycles. The van der Waals surface area contributed by atoms with Gasteiger partial charge >= 0.3 is 0 Å². The lowest BCUT2D eigenvalue weighted by Crippen LogP contribution is -2.37. The van der Waals surface area contributed by atoms with Crippen LogP contribution in [-0.4, -0.2) is 22.7 Å². The van der Waals surface area contributed by atoms with Crippen molar-refractivity contribution in [1.82, 2.24) is 5.01 Å². The largest absolute Gasteiger partial charge is 0.272 e. The summed E-state index contributed by atoms with van der Waals surface area (Å²) in [6.45, 7) is 10.3. The van der Waals surface area contributed by atoms with Gasteiger partial charge in [-0.2, -0.15) is 5.10 Å². The van der Waals surface area contributed by atoms with Gasteiger partial charge in [-0.05, 0) is 26.2 Å². The second-order valence-corrected chi connectivity index (χ2v) is 4.37. The lowest BCUT2D eigenvalue weighted by molar-refractivity contribution is -0.134. The van der Waals surface area contributed by atoms with Crippen LogP contribution in [0.5, 0.6) is 0 Å². The van der Waals surface area contributed by atoms with Gasteiger partial charge in [0.15, 0.2) is 0 Å². The summed E-state index contributed by atoms with van der Waals surface area (Å²) in [7, 11) is 0. The average molecular weight is 196 g/mol. The van der Waals surface area contributed by atoms with Crippen LogP contribution >= 0.6 is 0 Å². The van der Waals surface area contributed by atoms with Crippen molar-refractivity contribution >= 4 is 11.6 Å². The van der Waals surface area contributed by atoms with Gasteiger partial charge in [-0.3, -0.25) is 4.79 Å². The van der Waals surface area contributed by atoms with Crippen LogP contribution in [0.1, 0.15) is 41.0 Å². The lowest BCUT2D eigenvalue weighted by atomic mass is 10.0. The Morgan fingerprint density at radius 2 is 2.00 bits per heavy atom. The van der Waals surface area contributed by atoms with Gasteiger partial charge in [-0.1, -0.05) is 20.8 Å². The number of carbonyl (C=O) groups is 1. The maximum absolute atomic E-state index is 11.9. The van der Waals surface area contributed by atoms with Gasteiger partial charge in [-0.25, -0.2) is 5.01 Å². The van der Waals surface area contributed by atoms with E-state index >= 15 is 0 Å². The van der Waals surface area contributed by atoms with E-state index in [4.69, 9.17) is 0 Å². The van der Waals surface area contributed by atoms with E-state index < -0.39 is 0 Å². The van der Waals surface area contributed by atoms with Crippen molar-refractivity contribution in [2.75, 3.05) is 0 Å². The van der Waals surface area contributed by atoms with Crippen LogP contribution in [0.2, 0.25) is 0 Å². The summed E-state index contributed by atoms with van der Waals surface area (Å²) in [6, 6.07) is 0.203. The van der Waals surface area contributed by atoms with E-state index in [-0.39, 0.29) is 17.9 Å². The highest BCUT2D eigenvalue weighted by Gasteiger charge is 2.35. The monoisotopic (exact) mass is 196 g/mol. The lowest BCUT2D eigenvalue weighted by Gasteiger charge is -2.24. The van der Waals surface area contributed by atoms with Crippen LogP contribution in [0.15, 0.2) is 5.10 Å². The summed E-state index contributed by atoms with van der Waals surface area (Å²) in [5.41, 5.74) is 0.963. The molecule has 0 saturated carbocycles. The SMILES string of the molecule is CCC1C(=O)N(C(C)C(C)C)N=C1C. The van der Waals surface area contributed by atoms with Gasteiger partial charge < -0.3 is 0 Å². The van der Waals surface area contributed by atoms with Crippen LogP contribution in [0, 0.1) is 11.8 Å². The summed E-state index contributed by atoms with van der Waals surface area (Å²) in [5.74, 6) is 0.647. The third kappa shape index (κ3) is 1.81. The normalized spacial score (nSPS) is 24.4. The molecule has 2 unspecified atom stereocenters. The first-order chi connectivity index (χ1) is 6.49. The zero-order valence-electron chi connectivity index (χ0n) is 9.74. The maximum atomic E-state index is 11.9. The van der Waals surface area contributed by atoms with Gasteiger partial charge in [0.1, 0.15) is 0 Å². The van der Waals surface area contributed by atoms with Gasteiger partial charge in [0.25, 0.3) is 5.91 Å². The van der Waals surface area contributed by atoms with Crippen molar-refractivity contribution in [2.45, 2.75) is 47.1 Å². The standard InChI is InChI=1S/C11H20N2O/c1-6-10-8(4)12-13(11(10)14)9(5)7(2)3/h7,9-10H,6H2,1-5H3. The minimum absolute atomic E-state index is 0.0243. The minimum Gasteiger partial charge on any atom is -0.272 e. The van der Waals surface area contributed by atoms with Crippen molar-refractivity contribution in [3.05, 3.63) is 0 Å². The van der Waals surface area contributed by atoms with Crippen LogP contribution < -0.4 is 0 Å². The smallest absolute Gasteiger partial charge is 0.251 e. The van der Waals surface area contributed by atoms with Gasteiger partial charge in [0.05, 0.1) is 12.0 Å². The van der Waals surface area contributed by atoms with Crippen molar-refractivity contribution in [2.24, 2.45) is 16.9 Å². The summed E-state index contributed by atoms with van der Waals surface area (Å²) in [5, 5.41) is 6.00. The highest BCUT2D eigenvalue weighted by molar-refractivity contribution is 6.06. The molecule has 0 aromatic carbocycles. The van der Waals surface area contributed by atoms with Crippen LogP contribution in [-0.2, 0) is 4.79 Å². The Hall–Kier alpha value is -0.860. The fourth-order valence-corrected chi connectivity index (χ4v) is 1.67.